The van der Waals surface area contributed by atoms with Crippen molar-refractivity contribution in [2.75, 3.05) is 59.2 Å². The van der Waals surface area contributed by atoms with Gasteiger partial charge >= 0.3 is 0 Å². The molecule has 6 rings (SSSR count). The highest BCUT2D eigenvalue weighted by molar-refractivity contribution is 6.25. The maximum atomic E-state index is 13.1. The lowest BCUT2D eigenvalue weighted by Gasteiger charge is -2.36. The van der Waals surface area contributed by atoms with Crippen LogP contribution in [0.5, 0.6) is 11.5 Å². The average Bonchev–Trinajstić information content (AvgIpc) is 3.40. The molecule has 3 aliphatic heterocycles. The molecule has 3 heterocycles. The number of hydrogen-bond donors (Lipinski definition) is 1. The van der Waals surface area contributed by atoms with E-state index < -0.39 is 6.10 Å². The lowest BCUT2D eigenvalue weighted by atomic mass is 9.94. The van der Waals surface area contributed by atoms with Crippen molar-refractivity contribution in [3.8, 4) is 11.5 Å². The van der Waals surface area contributed by atoms with Gasteiger partial charge in [-0.15, -0.1) is 0 Å². The molecule has 1 N–H and O–H groups in total. The van der Waals surface area contributed by atoms with Crippen LogP contribution >= 0.6 is 0 Å². The molecule has 0 aromatic heterocycles. The van der Waals surface area contributed by atoms with E-state index in [2.05, 4.69) is 9.80 Å². The molecule has 9 nitrogen and oxygen atoms in total. The van der Waals surface area contributed by atoms with Crippen molar-refractivity contribution in [1.82, 2.24) is 14.7 Å². The molecule has 1 unspecified atom stereocenters. The summed E-state index contributed by atoms with van der Waals surface area (Å²) < 4.78 is 16.4. The fourth-order valence-corrected chi connectivity index (χ4v) is 5.41. The predicted octanol–water partition coefficient (Wildman–Crippen LogP) is 2.36. The van der Waals surface area contributed by atoms with Crippen LogP contribution < -0.4 is 9.47 Å². The van der Waals surface area contributed by atoms with E-state index >= 15 is 0 Å². The number of aliphatic hydroxyl groups excluding tert-OH is 1. The highest BCUT2D eigenvalue weighted by Crippen LogP contribution is 2.33. The molecule has 0 radical (unpaired) electrons. The van der Waals surface area contributed by atoms with Crippen LogP contribution in [0.15, 0.2) is 54.6 Å². The van der Waals surface area contributed by atoms with Crippen LogP contribution in [0.3, 0.4) is 0 Å². The lowest BCUT2D eigenvalue weighted by molar-refractivity contribution is 0.000939. The Morgan fingerprint density at radius 3 is 2.26 bits per heavy atom. The summed E-state index contributed by atoms with van der Waals surface area (Å²) in [6, 6.07) is 16.9. The summed E-state index contributed by atoms with van der Waals surface area (Å²) >= 11 is 0. The van der Waals surface area contributed by atoms with Crippen molar-refractivity contribution in [2.45, 2.75) is 12.7 Å². The van der Waals surface area contributed by atoms with Crippen LogP contribution in [0, 0.1) is 0 Å². The Labute approximate surface area is 221 Å². The van der Waals surface area contributed by atoms with Crippen molar-refractivity contribution in [3.63, 3.8) is 0 Å². The molecule has 9 heteroatoms. The second-order valence-electron chi connectivity index (χ2n) is 9.97. The first-order valence-electron chi connectivity index (χ1n) is 13.0. The highest BCUT2D eigenvalue weighted by Gasteiger charge is 2.33. The summed E-state index contributed by atoms with van der Waals surface area (Å²) in [6.45, 7) is 5.66. The van der Waals surface area contributed by atoms with Crippen LogP contribution in [-0.4, -0.2) is 96.9 Å². The van der Waals surface area contributed by atoms with Gasteiger partial charge in [-0.25, -0.2) is 0 Å². The average molecular weight is 518 g/mol. The van der Waals surface area contributed by atoms with E-state index in [1.807, 2.05) is 42.5 Å². The monoisotopic (exact) mass is 517 g/mol. The van der Waals surface area contributed by atoms with E-state index in [-0.39, 0.29) is 25.2 Å². The van der Waals surface area contributed by atoms with Crippen molar-refractivity contribution < 1.29 is 28.9 Å². The van der Waals surface area contributed by atoms with Gasteiger partial charge in [0, 0.05) is 62.3 Å². The number of carbonyl (C=O) groups is 2. The third kappa shape index (κ3) is 4.98. The van der Waals surface area contributed by atoms with Gasteiger partial charge in [-0.2, -0.15) is 0 Å². The van der Waals surface area contributed by atoms with Gasteiger partial charge in [0.05, 0.1) is 19.3 Å². The summed E-state index contributed by atoms with van der Waals surface area (Å²) in [4.78, 5) is 32.1. The molecule has 0 aliphatic carbocycles. The molecular weight excluding hydrogens is 486 g/mol. The van der Waals surface area contributed by atoms with Gasteiger partial charge in [0.15, 0.2) is 11.5 Å². The summed E-state index contributed by atoms with van der Waals surface area (Å²) in [5.74, 6) is 1.02. The van der Waals surface area contributed by atoms with Crippen LogP contribution in [0.4, 0.5) is 0 Å². The summed E-state index contributed by atoms with van der Waals surface area (Å²) in [7, 11) is 0. The number of hydrogen-bond acceptors (Lipinski definition) is 8. The number of fused-ring (bicyclic) bond motifs is 1. The summed E-state index contributed by atoms with van der Waals surface area (Å²) in [6.07, 6.45) is -0.582. The molecule has 1 atom stereocenters. The van der Waals surface area contributed by atoms with E-state index in [4.69, 9.17) is 14.2 Å². The molecule has 0 spiro atoms. The Bertz CT molecular complexity index is 1300. The summed E-state index contributed by atoms with van der Waals surface area (Å²) in [5.41, 5.74) is 2.16. The molecule has 2 amide bonds. The van der Waals surface area contributed by atoms with Crippen LogP contribution in [0.2, 0.25) is 0 Å². The number of nitrogens with zero attached hydrogens (tertiary/aromatic N) is 3. The van der Waals surface area contributed by atoms with Gasteiger partial charge in [0.1, 0.15) is 0 Å². The SMILES string of the molecule is O=C1c2cccc3cccc(c23)C(=O)N1CCN1CCN(CC(O)COCc2ccc3c(c2)OCO3)CC1. The maximum absolute atomic E-state index is 13.1. The largest absolute Gasteiger partial charge is 0.454 e. The molecule has 3 aromatic rings. The van der Waals surface area contributed by atoms with Crippen LogP contribution in [0.25, 0.3) is 10.8 Å². The molecule has 0 saturated carbocycles. The minimum absolute atomic E-state index is 0.221. The zero-order valence-electron chi connectivity index (χ0n) is 21.2. The number of rotatable bonds is 9. The number of ether oxygens (including phenoxy) is 3. The molecule has 3 aliphatic rings. The van der Waals surface area contributed by atoms with Gasteiger partial charge in [0.25, 0.3) is 11.8 Å². The van der Waals surface area contributed by atoms with Crippen molar-refractivity contribution >= 4 is 22.6 Å². The minimum atomic E-state index is -0.582. The molecule has 3 aromatic carbocycles. The van der Waals surface area contributed by atoms with Gasteiger partial charge in [-0.3, -0.25) is 24.3 Å². The second-order valence-corrected chi connectivity index (χ2v) is 9.97. The van der Waals surface area contributed by atoms with Crippen molar-refractivity contribution in [3.05, 3.63) is 71.3 Å². The smallest absolute Gasteiger partial charge is 0.261 e. The Morgan fingerprint density at radius 1 is 0.842 bits per heavy atom. The van der Waals surface area contributed by atoms with E-state index in [0.29, 0.717) is 37.4 Å². The first kappa shape index (κ1) is 24.8. The zero-order valence-corrected chi connectivity index (χ0v) is 21.2. The van der Waals surface area contributed by atoms with E-state index in [9.17, 15) is 14.7 Å². The minimum Gasteiger partial charge on any atom is -0.454 e. The molecule has 198 valence electrons. The number of carbonyl (C=O) groups excluding carboxylic acids is 2. The number of piperazine rings is 1. The standard InChI is InChI=1S/C29H31N3O6/c33-22(18-36-17-20-7-8-25-26(15-20)38-19-37-25)16-31-11-9-30(10-12-31)13-14-32-28(34)23-5-1-3-21-4-2-6-24(27(21)23)29(32)35/h1-8,15,22,33H,9-14,16-19H2. The number of benzene rings is 3. The maximum Gasteiger partial charge on any atom is 0.261 e. The Morgan fingerprint density at radius 2 is 1.53 bits per heavy atom. The van der Waals surface area contributed by atoms with Crippen molar-refractivity contribution in [1.29, 1.82) is 0 Å². The van der Waals surface area contributed by atoms with Gasteiger partial charge in [-0.1, -0.05) is 30.3 Å². The van der Waals surface area contributed by atoms with Crippen LogP contribution in [-0.2, 0) is 11.3 Å². The molecule has 1 saturated heterocycles. The molecule has 38 heavy (non-hydrogen) atoms. The van der Waals surface area contributed by atoms with E-state index in [1.165, 1.54) is 4.90 Å². The van der Waals surface area contributed by atoms with Gasteiger partial charge in [-0.05, 0) is 35.2 Å². The Hall–Kier alpha value is -3.50. The Balaban J connectivity index is 0.941. The first-order chi connectivity index (χ1) is 18.6. The topological polar surface area (TPSA) is 91.8 Å². The number of aliphatic hydroxyl groups is 1. The quantitative estimate of drug-likeness (QED) is 0.433. The third-order valence-corrected chi connectivity index (χ3v) is 7.45. The third-order valence-electron chi connectivity index (χ3n) is 7.45. The second kappa shape index (κ2) is 10.7. The number of β-amino-alcohol motifs (C(OH)–C–C–N with tert-alkyl or cyclic N) is 1. The van der Waals surface area contributed by atoms with Crippen LogP contribution in [0.1, 0.15) is 26.3 Å². The predicted molar refractivity (Wildman–Crippen MR) is 140 cm³/mol. The van der Waals surface area contributed by atoms with E-state index in [0.717, 1.165) is 54.0 Å². The number of imide groups is 1. The normalized spacial score (nSPS) is 18.4. The summed E-state index contributed by atoms with van der Waals surface area (Å²) in [5, 5.41) is 12.1. The first-order valence-corrected chi connectivity index (χ1v) is 13.0. The molecule has 0 bridgehead atoms. The van der Waals surface area contributed by atoms with Gasteiger partial charge < -0.3 is 19.3 Å². The van der Waals surface area contributed by atoms with Crippen molar-refractivity contribution in [2.24, 2.45) is 0 Å². The van der Waals surface area contributed by atoms with E-state index in [1.54, 1.807) is 12.1 Å². The fourth-order valence-electron chi connectivity index (χ4n) is 5.41. The molecular formula is C29H31N3O6. The van der Waals surface area contributed by atoms with Gasteiger partial charge in [0.2, 0.25) is 6.79 Å². The zero-order chi connectivity index (χ0) is 26.1. The highest BCUT2D eigenvalue weighted by atomic mass is 16.7. The lowest BCUT2D eigenvalue weighted by Crippen LogP contribution is -2.51. The Kier molecular flexibility index (Phi) is 6.99. The molecule has 1 fully saturated rings. The number of amides is 2. The fraction of sp³-hybridized carbons (Fsp3) is 0.379.